The Morgan fingerprint density at radius 2 is 2.44 bits per heavy atom. The Balaban J connectivity index is 2.07. The zero-order valence-corrected chi connectivity index (χ0v) is 8.68. The molecule has 0 aliphatic carbocycles. The number of carbonyl (C=O) groups excluding carboxylic acids is 1. The van der Waals surface area contributed by atoms with Crippen LogP contribution in [0.3, 0.4) is 0 Å². The summed E-state index contributed by atoms with van der Waals surface area (Å²) < 4.78 is 9.94. The van der Waals surface area contributed by atoms with E-state index in [1.54, 1.807) is 6.07 Å². The first-order valence-corrected chi connectivity index (χ1v) is 4.98. The van der Waals surface area contributed by atoms with Crippen molar-refractivity contribution in [3.8, 4) is 0 Å². The fourth-order valence-corrected chi connectivity index (χ4v) is 1.58. The molecule has 0 aromatic heterocycles. The standard InChI is InChI=1S/C10H12BNO4/c12-4-10(13)15-5-7-1-2-8-6-16-11(14)9(8)3-7/h1-3,14H,4-6,12H2. The lowest BCUT2D eigenvalue weighted by atomic mass is 9.79. The highest BCUT2D eigenvalue weighted by molar-refractivity contribution is 6.61. The molecule has 84 valence electrons. The van der Waals surface area contributed by atoms with Gasteiger partial charge in [-0.3, -0.25) is 4.79 Å². The number of esters is 1. The van der Waals surface area contributed by atoms with Crippen molar-refractivity contribution in [3.63, 3.8) is 0 Å². The number of carbonyl (C=O) groups is 1. The minimum absolute atomic E-state index is 0.128. The number of rotatable bonds is 3. The van der Waals surface area contributed by atoms with Gasteiger partial charge in [-0.1, -0.05) is 18.2 Å². The molecule has 0 saturated carbocycles. The second-order valence-electron chi connectivity index (χ2n) is 3.56. The van der Waals surface area contributed by atoms with Crippen molar-refractivity contribution in [1.82, 2.24) is 0 Å². The van der Waals surface area contributed by atoms with E-state index in [0.29, 0.717) is 6.61 Å². The third-order valence-corrected chi connectivity index (χ3v) is 2.44. The molecule has 1 aliphatic heterocycles. The molecule has 1 heterocycles. The quantitative estimate of drug-likeness (QED) is 0.500. The zero-order chi connectivity index (χ0) is 11.5. The second kappa shape index (κ2) is 4.65. The average Bonchev–Trinajstić information content (AvgIpc) is 2.68. The minimum Gasteiger partial charge on any atom is -0.460 e. The van der Waals surface area contributed by atoms with Crippen LogP contribution in [0.5, 0.6) is 0 Å². The van der Waals surface area contributed by atoms with E-state index in [0.717, 1.165) is 16.6 Å². The topological polar surface area (TPSA) is 81.8 Å². The number of hydrogen-bond donors (Lipinski definition) is 2. The number of ether oxygens (including phenoxy) is 1. The number of hydrogen-bond acceptors (Lipinski definition) is 5. The summed E-state index contributed by atoms with van der Waals surface area (Å²) in [4.78, 5) is 10.9. The van der Waals surface area contributed by atoms with Crippen LogP contribution < -0.4 is 11.2 Å². The van der Waals surface area contributed by atoms with Gasteiger partial charge in [0.1, 0.15) is 6.61 Å². The van der Waals surface area contributed by atoms with Crippen molar-refractivity contribution in [3.05, 3.63) is 29.3 Å². The molecule has 0 radical (unpaired) electrons. The van der Waals surface area contributed by atoms with E-state index < -0.39 is 13.1 Å². The smallest absolute Gasteiger partial charge is 0.460 e. The fourth-order valence-electron chi connectivity index (χ4n) is 1.58. The van der Waals surface area contributed by atoms with E-state index in [9.17, 15) is 9.82 Å². The van der Waals surface area contributed by atoms with Crippen LogP contribution in [0, 0.1) is 0 Å². The van der Waals surface area contributed by atoms with Gasteiger partial charge in [-0.05, 0) is 16.6 Å². The first kappa shape index (κ1) is 11.1. The van der Waals surface area contributed by atoms with Crippen LogP contribution in [0.4, 0.5) is 0 Å². The molecule has 3 N–H and O–H groups in total. The summed E-state index contributed by atoms with van der Waals surface area (Å²) in [7, 11) is -0.875. The molecule has 1 aromatic carbocycles. The van der Waals surface area contributed by atoms with Crippen LogP contribution >= 0.6 is 0 Å². The van der Waals surface area contributed by atoms with Crippen LogP contribution in [-0.2, 0) is 27.4 Å². The molecule has 0 bridgehead atoms. The normalized spacial score (nSPS) is 13.8. The number of benzene rings is 1. The second-order valence-corrected chi connectivity index (χ2v) is 3.56. The highest BCUT2D eigenvalue weighted by atomic mass is 16.5. The molecular formula is C10H12BNO4. The maximum atomic E-state index is 10.9. The SMILES string of the molecule is NCC(=O)OCc1ccc2c(c1)B(O)OC2. The van der Waals surface area contributed by atoms with Crippen molar-refractivity contribution in [2.45, 2.75) is 13.2 Å². The van der Waals surface area contributed by atoms with E-state index >= 15 is 0 Å². The lowest BCUT2D eigenvalue weighted by molar-refractivity contribution is -0.143. The van der Waals surface area contributed by atoms with Gasteiger partial charge in [0.05, 0.1) is 13.2 Å². The van der Waals surface area contributed by atoms with Gasteiger partial charge in [0.25, 0.3) is 0 Å². The van der Waals surface area contributed by atoms with Gasteiger partial charge in [0.2, 0.25) is 0 Å². The molecular weight excluding hydrogens is 209 g/mol. The Labute approximate surface area is 93.3 Å². The zero-order valence-electron chi connectivity index (χ0n) is 8.68. The van der Waals surface area contributed by atoms with Gasteiger partial charge >= 0.3 is 13.1 Å². The summed E-state index contributed by atoms with van der Waals surface area (Å²) in [6, 6.07) is 5.47. The molecule has 5 nitrogen and oxygen atoms in total. The highest BCUT2D eigenvalue weighted by Crippen LogP contribution is 2.11. The molecule has 0 atom stereocenters. The van der Waals surface area contributed by atoms with Crippen molar-refractivity contribution < 1.29 is 19.2 Å². The third-order valence-electron chi connectivity index (χ3n) is 2.44. The van der Waals surface area contributed by atoms with Crippen LogP contribution in [0.2, 0.25) is 0 Å². The maximum Gasteiger partial charge on any atom is 0.491 e. The van der Waals surface area contributed by atoms with E-state index in [4.69, 9.17) is 15.1 Å². The summed E-state index contributed by atoms with van der Waals surface area (Å²) in [5, 5.41) is 9.48. The van der Waals surface area contributed by atoms with Crippen LogP contribution in [0.25, 0.3) is 0 Å². The van der Waals surface area contributed by atoms with Gasteiger partial charge in [0.15, 0.2) is 0 Å². The number of fused-ring (bicyclic) bond motifs is 1. The Morgan fingerprint density at radius 3 is 3.19 bits per heavy atom. The predicted octanol–water partition coefficient (Wildman–Crippen LogP) is -1.09. The van der Waals surface area contributed by atoms with E-state index in [1.807, 2.05) is 12.1 Å². The van der Waals surface area contributed by atoms with Crippen molar-refractivity contribution in [2.75, 3.05) is 6.54 Å². The van der Waals surface area contributed by atoms with Crippen LogP contribution in [-0.4, -0.2) is 24.7 Å². The first-order chi connectivity index (χ1) is 7.70. The van der Waals surface area contributed by atoms with Crippen molar-refractivity contribution in [2.24, 2.45) is 5.73 Å². The molecule has 0 unspecified atom stereocenters. The summed E-state index contributed by atoms with van der Waals surface area (Å²) in [5.74, 6) is -0.447. The summed E-state index contributed by atoms with van der Waals surface area (Å²) >= 11 is 0. The molecule has 0 amide bonds. The van der Waals surface area contributed by atoms with E-state index in [2.05, 4.69) is 0 Å². The summed E-state index contributed by atoms with van der Waals surface area (Å²) in [6.07, 6.45) is 0. The summed E-state index contributed by atoms with van der Waals surface area (Å²) in [5.41, 5.74) is 7.62. The summed E-state index contributed by atoms with van der Waals surface area (Å²) in [6.45, 7) is 0.450. The maximum absolute atomic E-state index is 10.9. The molecule has 16 heavy (non-hydrogen) atoms. The Morgan fingerprint density at radius 1 is 1.62 bits per heavy atom. The first-order valence-electron chi connectivity index (χ1n) is 4.98. The van der Waals surface area contributed by atoms with E-state index in [1.165, 1.54) is 0 Å². The third kappa shape index (κ3) is 2.24. The van der Waals surface area contributed by atoms with Gasteiger partial charge in [-0.2, -0.15) is 0 Å². The predicted molar refractivity (Wildman–Crippen MR) is 57.7 cm³/mol. The van der Waals surface area contributed by atoms with Gasteiger partial charge < -0.3 is 20.1 Å². The van der Waals surface area contributed by atoms with Gasteiger partial charge in [0, 0.05) is 0 Å². The van der Waals surface area contributed by atoms with E-state index in [-0.39, 0.29) is 13.2 Å². The largest absolute Gasteiger partial charge is 0.491 e. The molecule has 0 saturated heterocycles. The van der Waals surface area contributed by atoms with Crippen molar-refractivity contribution >= 4 is 18.6 Å². The lowest BCUT2D eigenvalue weighted by Crippen LogP contribution is -2.28. The van der Waals surface area contributed by atoms with Crippen LogP contribution in [0.1, 0.15) is 11.1 Å². The Hall–Kier alpha value is -1.37. The van der Waals surface area contributed by atoms with Crippen molar-refractivity contribution in [1.29, 1.82) is 0 Å². The Bertz CT molecular complexity index is 410. The minimum atomic E-state index is -0.875. The molecule has 0 spiro atoms. The molecule has 2 rings (SSSR count). The van der Waals surface area contributed by atoms with Crippen LogP contribution in [0.15, 0.2) is 18.2 Å². The van der Waals surface area contributed by atoms with Gasteiger partial charge in [-0.25, -0.2) is 0 Å². The fraction of sp³-hybridized carbons (Fsp3) is 0.300. The molecule has 1 aromatic rings. The highest BCUT2D eigenvalue weighted by Gasteiger charge is 2.27. The van der Waals surface area contributed by atoms with Gasteiger partial charge in [-0.15, -0.1) is 0 Å². The lowest BCUT2D eigenvalue weighted by Gasteiger charge is -2.05. The average molecular weight is 221 g/mol. The molecule has 1 aliphatic rings. The molecule has 6 heteroatoms. The monoisotopic (exact) mass is 221 g/mol. The number of nitrogens with two attached hydrogens (primary N) is 1. The Kier molecular flexibility index (Phi) is 3.23. The molecule has 0 fully saturated rings.